The zero-order valence-corrected chi connectivity index (χ0v) is 14.0. The van der Waals surface area contributed by atoms with Gasteiger partial charge in [0.05, 0.1) is 5.69 Å². The topological polar surface area (TPSA) is 44.1 Å². The molecule has 0 aliphatic carbocycles. The standard InChI is InChI=1S/C19H15F3N2O2/c1-12-6-8-15(9-7-12)26-18-16(11-25)17(19(20,21)22)23-24(18)14-5-3-4-13(2)10-14/h3-11H,1-2H3. The Balaban J connectivity index is 2.20. The van der Waals surface area contributed by atoms with Gasteiger partial charge >= 0.3 is 6.18 Å². The number of halogens is 3. The summed E-state index contributed by atoms with van der Waals surface area (Å²) in [6.07, 6.45) is -4.66. The molecule has 4 nitrogen and oxygen atoms in total. The summed E-state index contributed by atoms with van der Waals surface area (Å²) in [6.45, 7) is 3.68. The van der Waals surface area contributed by atoms with Crippen LogP contribution in [0.5, 0.6) is 11.6 Å². The molecule has 3 rings (SSSR count). The molecule has 1 aromatic heterocycles. The monoisotopic (exact) mass is 360 g/mol. The van der Waals surface area contributed by atoms with E-state index in [0.717, 1.165) is 15.8 Å². The smallest absolute Gasteiger partial charge is 0.436 e. The maximum Gasteiger partial charge on any atom is 0.436 e. The van der Waals surface area contributed by atoms with Gasteiger partial charge in [0.25, 0.3) is 0 Å². The Hall–Kier alpha value is -3.09. The second-order valence-electron chi connectivity index (χ2n) is 5.85. The fourth-order valence-electron chi connectivity index (χ4n) is 2.48. The molecule has 26 heavy (non-hydrogen) atoms. The Morgan fingerprint density at radius 3 is 2.31 bits per heavy atom. The minimum absolute atomic E-state index is 0.117. The van der Waals surface area contributed by atoms with Crippen molar-refractivity contribution >= 4 is 6.29 Å². The number of carbonyl (C=O) groups excluding carboxylic acids is 1. The van der Waals surface area contributed by atoms with E-state index < -0.39 is 17.4 Å². The van der Waals surface area contributed by atoms with Gasteiger partial charge in [-0.25, -0.2) is 0 Å². The highest BCUT2D eigenvalue weighted by Gasteiger charge is 2.40. The van der Waals surface area contributed by atoms with E-state index in [1.165, 1.54) is 0 Å². The molecule has 0 N–H and O–H groups in total. The number of hydrogen-bond acceptors (Lipinski definition) is 3. The van der Waals surface area contributed by atoms with Gasteiger partial charge in [-0.15, -0.1) is 0 Å². The fraction of sp³-hybridized carbons (Fsp3) is 0.158. The van der Waals surface area contributed by atoms with E-state index in [4.69, 9.17) is 4.74 Å². The molecule has 2 aromatic carbocycles. The Morgan fingerprint density at radius 2 is 1.73 bits per heavy atom. The SMILES string of the molecule is Cc1ccc(Oc2c(C=O)c(C(F)(F)F)nn2-c2cccc(C)c2)cc1. The minimum Gasteiger partial charge on any atom is -0.438 e. The molecule has 0 aliphatic heterocycles. The van der Waals surface area contributed by atoms with Crippen molar-refractivity contribution in [2.75, 3.05) is 0 Å². The third-order valence-electron chi connectivity index (χ3n) is 3.75. The van der Waals surface area contributed by atoms with Crippen molar-refractivity contribution in [2.45, 2.75) is 20.0 Å². The fourth-order valence-corrected chi connectivity index (χ4v) is 2.48. The highest BCUT2D eigenvalue weighted by Crippen LogP contribution is 2.37. The minimum atomic E-state index is -4.78. The maximum atomic E-state index is 13.3. The first-order chi connectivity index (χ1) is 12.3. The van der Waals surface area contributed by atoms with Gasteiger partial charge in [0.1, 0.15) is 11.3 Å². The molecule has 0 aliphatic rings. The second-order valence-corrected chi connectivity index (χ2v) is 5.85. The van der Waals surface area contributed by atoms with E-state index in [-0.39, 0.29) is 12.2 Å². The molecule has 0 spiro atoms. The third-order valence-corrected chi connectivity index (χ3v) is 3.75. The Bertz CT molecular complexity index is 944. The van der Waals surface area contributed by atoms with Crippen molar-refractivity contribution in [1.82, 2.24) is 9.78 Å². The predicted molar refractivity (Wildman–Crippen MR) is 89.9 cm³/mol. The number of carbonyl (C=O) groups is 1. The van der Waals surface area contributed by atoms with E-state index in [1.54, 1.807) is 55.5 Å². The molecule has 0 atom stereocenters. The number of nitrogens with zero attached hydrogens (tertiary/aromatic N) is 2. The summed E-state index contributed by atoms with van der Waals surface area (Å²) < 4.78 is 46.6. The van der Waals surface area contributed by atoms with Crippen molar-refractivity contribution in [1.29, 1.82) is 0 Å². The van der Waals surface area contributed by atoms with Gasteiger partial charge in [-0.05, 0) is 43.7 Å². The molecule has 0 amide bonds. The van der Waals surface area contributed by atoms with Crippen LogP contribution in [0.15, 0.2) is 48.5 Å². The van der Waals surface area contributed by atoms with Gasteiger partial charge < -0.3 is 4.74 Å². The summed E-state index contributed by atoms with van der Waals surface area (Å²) >= 11 is 0. The number of aldehydes is 1. The Kier molecular flexibility index (Phi) is 4.54. The first-order valence-corrected chi connectivity index (χ1v) is 7.76. The maximum absolute atomic E-state index is 13.3. The number of aryl methyl sites for hydroxylation is 2. The third kappa shape index (κ3) is 3.46. The largest absolute Gasteiger partial charge is 0.438 e. The van der Waals surface area contributed by atoms with Crippen LogP contribution in [0.2, 0.25) is 0 Å². The molecule has 0 saturated heterocycles. The Morgan fingerprint density at radius 1 is 1.04 bits per heavy atom. The highest BCUT2D eigenvalue weighted by molar-refractivity contribution is 5.81. The first-order valence-electron chi connectivity index (χ1n) is 7.76. The molecule has 0 radical (unpaired) electrons. The molecular weight excluding hydrogens is 345 g/mol. The van der Waals surface area contributed by atoms with Gasteiger partial charge in [0.2, 0.25) is 5.88 Å². The number of ether oxygens (including phenoxy) is 1. The van der Waals surface area contributed by atoms with E-state index in [9.17, 15) is 18.0 Å². The number of hydrogen-bond donors (Lipinski definition) is 0. The summed E-state index contributed by atoms with van der Waals surface area (Å²) in [7, 11) is 0. The van der Waals surface area contributed by atoms with Gasteiger partial charge in [0.15, 0.2) is 12.0 Å². The lowest BCUT2D eigenvalue weighted by Crippen LogP contribution is -2.09. The summed E-state index contributed by atoms with van der Waals surface area (Å²) in [6, 6.07) is 13.5. The van der Waals surface area contributed by atoms with Crippen LogP contribution in [-0.2, 0) is 6.18 Å². The van der Waals surface area contributed by atoms with Crippen LogP contribution in [-0.4, -0.2) is 16.1 Å². The van der Waals surface area contributed by atoms with Crippen LogP contribution in [0, 0.1) is 13.8 Å². The lowest BCUT2D eigenvalue weighted by molar-refractivity contribution is -0.141. The molecule has 0 fully saturated rings. The summed E-state index contributed by atoms with van der Waals surface area (Å²) in [5.41, 5.74) is 0.248. The van der Waals surface area contributed by atoms with E-state index in [2.05, 4.69) is 5.10 Å². The van der Waals surface area contributed by atoms with Crippen molar-refractivity contribution in [3.63, 3.8) is 0 Å². The van der Waals surface area contributed by atoms with Crippen molar-refractivity contribution in [3.8, 4) is 17.3 Å². The van der Waals surface area contributed by atoms with Crippen LogP contribution in [0.3, 0.4) is 0 Å². The van der Waals surface area contributed by atoms with Crippen LogP contribution >= 0.6 is 0 Å². The highest BCUT2D eigenvalue weighted by atomic mass is 19.4. The Labute approximate surface area is 147 Å². The number of alkyl halides is 3. The molecule has 1 heterocycles. The number of benzene rings is 2. The predicted octanol–water partition coefficient (Wildman–Crippen LogP) is 5.11. The normalized spacial score (nSPS) is 11.4. The summed E-state index contributed by atoms with van der Waals surface area (Å²) in [5, 5.41) is 3.61. The lowest BCUT2D eigenvalue weighted by atomic mass is 10.2. The van der Waals surface area contributed by atoms with Crippen LogP contribution in [0.4, 0.5) is 13.2 Å². The second kappa shape index (κ2) is 6.67. The van der Waals surface area contributed by atoms with Crippen molar-refractivity contribution in [3.05, 3.63) is 70.9 Å². The molecule has 0 unspecified atom stereocenters. The van der Waals surface area contributed by atoms with Gasteiger partial charge in [-0.3, -0.25) is 4.79 Å². The zero-order chi connectivity index (χ0) is 18.9. The molecule has 0 bridgehead atoms. The number of rotatable bonds is 4. The molecule has 3 aromatic rings. The molecule has 7 heteroatoms. The summed E-state index contributed by atoms with van der Waals surface area (Å²) in [4.78, 5) is 11.4. The molecule has 0 saturated carbocycles. The van der Waals surface area contributed by atoms with E-state index in [0.29, 0.717) is 11.4 Å². The quantitative estimate of drug-likeness (QED) is 0.607. The average molecular weight is 360 g/mol. The van der Waals surface area contributed by atoms with E-state index >= 15 is 0 Å². The first kappa shape index (κ1) is 17.7. The van der Waals surface area contributed by atoms with Gasteiger partial charge in [-0.2, -0.15) is 23.0 Å². The number of aromatic nitrogens is 2. The van der Waals surface area contributed by atoms with Crippen LogP contribution in [0.25, 0.3) is 5.69 Å². The van der Waals surface area contributed by atoms with E-state index in [1.807, 2.05) is 6.92 Å². The lowest BCUT2D eigenvalue weighted by Gasteiger charge is -2.10. The van der Waals surface area contributed by atoms with Crippen LogP contribution < -0.4 is 4.74 Å². The van der Waals surface area contributed by atoms with Crippen molar-refractivity contribution in [2.24, 2.45) is 0 Å². The summed E-state index contributed by atoms with van der Waals surface area (Å²) in [5.74, 6) is 0.0306. The molecule has 134 valence electrons. The average Bonchev–Trinajstić information content (AvgIpc) is 2.95. The molecular formula is C19H15F3N2O2. The zero-order valence-electron chi connectivity index (χ0n) is 14.0. The van der Waals surface area contributed by atoms with Crippen molar-refractivity contribution < 1.29 is 22.7 Å². The van der Waals surface area contributed by atoms with Gasteiger partial charge in [0, 0.05) is 0 Å². The van der Waals surface area contributed by atoms with Crippen LogP contribution in [0.1, 0.15) is 27.2 Å². The van der Waals surface area contributed by atoms with Gasteiger partial charge in [-0.1, -0.05) is 29.8 Å².